The second-order valence-corrected chi connectivity index (χ2v) is 6.34. The van der Waals surface area contributed by atoms with Crippen molar-refractivity contribution in [3.8, 4) is 0 Å². The number of benzene rings is 1. The zero-order valence-electron chi connectivity index (χ0n) is 14.2. The molecule has 1 aliphatic carbocycles. The number of nitrogens with two attached hydrogens (primary N) is 2. The molecule has 1 aromatic carbocycles. The number of rotatable bonds is 6. The van der Waals surface area contributed by atoms with Gasteiger partial charge in [0.15, 0.2) is 0 Å². The van der Waals surface area contributed by atoms with Gasteiger partial charge in [-0.1, -0.05) is 36.7 Å². The second kappa shape index (κ2) is 8.06. The van der Waals surface area contributed by atoms with Crippen molar-refractivity contribution in [2.75, 3.05) is 5.32 Å². The highest BCUT2D eigenvalue weighted by Crippen LogP contribution is 2.30. The summed E-state index contributed by atoms with van der Waals surface area (Å²) in [6, 6.07) is 6.31. The Balaban J connectivity index is 2.30. The van der Waals surface area contributed by atoms with Crippen LogP contribution in [0, 0.1) is 5.41 Å². The van der Waals surface area contributed by atoms with Crippen molar-refractivity contribution >= 4 is 23.1 Å². The number of hydrogen-bond acceptors (Lipinski definition) is 3. The van der Waals surface area contributed by atoms with E-state index in [2.05, 4.69) is 23.5 Å². The highest BCUT2D eigenvalue weighted by atomic mass is 35.5. The van der Waals surface area contributed by atoms with E-state index in [-0.39, 0.29) is 5.84 Å². The van der Waals surface area contributed by atoms with Crippen molar-refractivity contribution in [3.05, 3.63) is 63.5 Å². The summed E-state index contributed by atoms with van der Waals surface area (Å²) >= 11 is 6.42. The molecular weight excluding hydrogens is 320 g/mol. The Labute approximate surface area is 148 Å². The number of amidine groups is 1. The van der Waals surface area contributed by atoms with Gasteiger partial charge < -0.3 is 16.8 Å². The predicted octanol–water partition coefficient (Wildman–Crippen LogP) is 4.17. The molecule has 128 valence electrons. The van der Waals surface area contributed by atoms with Crippen LogP contribution in [0.25, 0.3) is 0 Å². The minimum Gasteiger partial charge on any atom is -0.398 e. The van der Waals surface area contributed by atoms with Gasteiger partial charge in [0.25, 0.3) is 0 Å². The molecule has 1 aliphatic rings. The molecule has 0 fully saturated rings. The first-order chi connectivity index (χ1) is 11.4. The SMILES string of the molecule is CC/C=C(N)/C(=C\C(Cl)=C(/C)Nc1cccc2c1CCC2)C(=N)N. The number of halogens is 1. The third kappa shape index (κ3) is 4.20. The van der Waals surface area contributed by atoms with E-state index in [0.29, 0.717) is 16.3 Å². The van der Waals surface area contributed by atoms with E-state index in [1.807, 2.05) is 19.9 Å². The van der Waals surface area contributed by atoms with Crippen LogP contribution in [0.5, 0.6) is 0 Å². The molecule has 24 heavy (non-hydrogen) atoms. The van der Waals surface area contributed by atoms with Crippen molar-refractivity contribution < 1.29 is 0 Å². The van der Waals surface area contributed by atoms with Crippen LogP contribution in [0.2, 0.25) is 0 Å². The molecule has 6 N–H and O–H groups in total. The Bertz CT molecular complexity index is 729. The van der Waals surface area contributed by atoms with Crippen molar-refractivity contribution in [1.82, 2.24) is 0 Å². The second-order valence-electron chi connectivity index (χ2n) is 5.93. The van der Waals surface area contributed by atoms with Crippen molar-refractivity contribution in [2.45, 2.75) is 39.5 Å². The third-order valence-corrected chi connectivity index (χ3v) is 4.52. The fourth-order valence-electron chi connectivity index (χ4n) is 2.88. The molecule has 4 nitrogen and oxygen atoms in total. The highest BCUT2D eigenvalue weighted by molar-refractivity contribution is 6.32. The van der Waals surface area contributed by atoms with E-state index in [1.54, 1.807) is 6.08 Å². The molecule has 0 atom stereocenters. The maximum Gasteiger partial charge on any atom is 0.124 e. The Morgan fingerprint density at radius 3 is 2.75 bits per heavy atom. The number of allylic oxidation sites excluding steroid dienone is 4. The maximum atomic E-state index is 7.70. The van der Waals surface area contributed by atoms with E-state index >= 15 is 0 Å². The van der Waals surface area contributed by atoms with Gasteiger partial charge in [0.1, 0.15) is 5.84 Å². The van der Waals surface area contributed by atoms with Gasteiger partial charge in [-0.3, -0.25) is 5.41 Å². The van der Waals surface area contributed by atoms with E-state index in [0.717, 1.165) is 30.6 Å². The first-order valence-corrected chi connectivity index (χ1v) is 8.58. The number of nitrogens with one attached hydrogen (secondary N) is 2. The van der Waals surface area contributed by atoms with Crippen LogP contribution in [0.3, 0.4) is 0 Å². The Hall–Kier alpha value is -2.20. The van der Waals surface area contributed by atoms with Crippen LogP contribution in [-0.4, -0.2) is 5.84 Å². The zero-order valence-corrected chi connectivity index (χ0v) is 15.0. The highest BCUT2D eigenvalue weighted by Gasteiger charge is 2.15. The van der Waals surface area contributed by atoms with Gasteiger partial charge in [-0.25, -0.2) is 0 Å². The summed E-state index contributed by atoms with van der Waals surface area (Å²) in [5.41, 5.74) is 17.2. The molecule has 0 saturated heterocycles. The van der Waals surface area contributed by atoms with Crippen LogP contribution in [0.15, 0.2) is 52.4 Å². The Morgan fingerprint density at radius 1 is 1.33 bits per heavy atom. The number of aryl methyl sites for hydroxylation is 1. The quantitative estimate of drug-likeness (QED) is 0.355. The van der Waals surface area contributed by atoms with E-state index in [9.17, 15) is 0 Å². The third-order valence-electron chi connectivity index (χ3n) is 4.12. The summed E-state index contributed by atoms with van der Waals surface area (Å²) in [6.45, 7) is 3.88. The lowest BCUT2D eigenvalue weighted by Crippen LogP contribution is -2.18. The Kier molecular flexibility index (Phi) is 6.10. The molecule has 0 unspecified atom stereocenters. The topological polar surface area (TPSA) is 87.9 Å². The average Bonchev–Trinajstić information content (AvgIpc) is 3.01. The number of hydrogen-bond donors (Lipinski definition) is 4. The summed E-state index contributed by atoms with van der Waals surface area (Å²) in [7, 11) is 0. The number of anilines is 1. The minimum atomic E-state index is -0.0937. The fraction of sp³-hybridized carbons (Fsp3) is 0.316. The molecule has 1 aromatic rings. The van der Waals surface area contributed by atoms with Crippen molar-refractivity contribution in [2.24, 2.45) is 11.5 Å². The van der Waals surface area contributed by atoms with E-state index < -0.39 is 0 Å². The normalized spacial score (nSPS) is 15.8. The van der Waals surface area contributed by atoms with Crippen LogP contribution in [0.4, 0.5) is 5.69 Å². The first kappa shape index (κ1) is 18.1. The van der Waals surface area contributed by atoms with Gasteiger partial charge in [-0.05, 0) is 55.9 Å². The largest absolute Gasteiger partial charge is 0.398 e. The van der Waals surface area contributed by atoms with Crippen LogP contribution in [-0.2, 0) is 12.8 Å². The first-order valence-electron chi connectivity index (χ1n) is 8.20. The molecular formula is C19H25ClN4. The van der Waals surface area contributed by atoms with Gasteiger partial charge in [0, 0.05) is 22.7 Å². The average molecular weight is 345 g/mol. The van der Waals surface area contributed by atoms with Crippen LogP contribution >= 0.6 is 11.6 Å². The van der Waals surface area contributed by atoms with Gasteiger partial charge in [0.2, 0.25) is 0 Å². The van der Waals surface area contributed by atoms with Gasteiger partial charge in [0.05, 0.1) is 5.03 Å². The van der Waals surface area contributed by atoms with E-state index in [1.165, 1.54) is 17.5 Å². The Morgan fingerprint density at radius 2 is 2.08 bits per heavy atom. The maximum absolute atomic E-state index is 7.70. The molecule has 0 bridgehead atoms. The van der Waals surface area contributed by atoms with Crippen molar-refractivity contribution in [3.63, 3.8) is 0 Å². The molecule has 0 radical (unpaired) electrons. The molecule has 0 spiro atoms. The van der Waals surface area contributed by atoms with Crippen molar-refractivity contribution in [1.29, 1.82) is 5.41 Å². The standard InChI is InChI=1S/C19H25ClN4/c1-3-6-17(21)15(19(22)23)11-16(20)12(2)24-18-10-5-8-13-7-4-9-14(13)18/h5-6,8,10-11,24H,3-4,7,9,21H2,1-2H3,(H3,22,23)/b15-11+,16-12-,17-6-. The lowest BCUT2D eigenvalue weighted by molar-refractivity contribution is 0.912. The smallest absolute Gasteiger partial charge is 0.124 e. The predicted molar refractivity (Wildman–Crippen MR) is 103 cm³/mol. The summed E-state index contributed by atoms with van der Waals surface area (Å²) in [6.07, 6.45) is 7.65. The molecule has 0 amide bonds. The van der Waals surface area contributed by atoms with Gasteiger partial charge in [-0.15, -0.1) is 0 Å². The molecule has 0 aliphatic heterocycles. The summed E-state index contributed by atoms with van der Waals surface area (Å²) < 4.78 is 0. The zero-order chi connectivity index (χ0) is 17.7. The van der Waals surface area contributed by atoms with Crippen LogP contribution < -0.4 is 16.8 Å². The minimum absolute atomic E-state index is 0.0937. The number of fused-ring (bicyclic) bond motifs is 1. The van der Waals surface area contributed by atoms with Gasteiger partial charge in [-0.2, -0.15) is 0 Å². The molecule has 0 aromatic heterocycles. The molecule has 0 saturated carbocycles. The molecule has 5 heteroatoms. The fourth-order valence-corrected chi connectivity index (χ4v) is 3.04. The summed E-state index contributed by atoms with van der Waals surface area (Å²) in [4.78, 5) is 0. The van der Waals surface area contributed by atoms with E-state index in [4.69, 9.17) is 28.5 Å². The summed E-state index contributed by atoms with van der Waals surface area (Å²) in [5, 5.41) is 11.6. The van der Waals surface area contributed by atoms with Gasteiger partial charge >= 0.3 is 0 Å². The molecule has 2 rings (SSSR count). The molecule has 0 heterocycles. The monoisotopic (exact) mass is 344 g/mol. The van der Waals surface area contributed by atoms with Crippen LogP contribution in [0.1, 0.15) is 37.8 Å². The summed E-state index contributed by atoms with van der Waals surface area (Å²) in [5.74, 6) is -0.0937. The lowest BCUT2D eigenvalue weighted by Gasteiger charge is -2.13. The lowest BCUT2D eigenvalue weighted by atomic mass is 10.1.